The topological polar surface area (TPSA) is 73.6 Å². The fourth-order valence-corrected chi connectivity index (χ4v) is 3.53. The number of carboxylic acids is 1. The Morgan fingerprint density at radius 2 is 2.08 bits per heavy atom. The Kier molecular flexibility index (Phi) is 5.25. The van der Waals surface area contributed by atoms with Crippen molar-refractivity contribution in [1.29, 1.82) is 0 Å². The van der Waals surface area contributed by atoms with E-state index in [-0.39, 0.29) is 18.1 Å². The highest BCUT2D eigenvalue weighted by Crippen LogP contribution is 2.34. The van der Waals surface area contributed by atoms with Gasteiger partial charge in [-0.3, -0.25) is 0 Å². The number of benzene rings is 2. The van der Waals surface area contributed by atoms with Crippen LogP contribution in [-0.2, 0) is 17.5 Å². The first-order chi connectivity index (χ1) is 12.1. The van der Waals surface area contributed by atoms with E-state index in [0.29, 0.717) is 16.8 Å². The van der Waals surface area contributed by atoms with Crippen LogP contribution < -0.4 is 4.74 Å². The predicted octanol–water partition coefficient (Wildman–Crippen LogP) is 3.55. The van der Waals surface area contributed by atoms with Gasteiger partial charge < -0.3 is 19.1 Å². The lowest BCUT2D eigenvalue weighted by atomic mass is 10.1. The molecule has 0 aliphatic heterocycles. The third-order valence-electron chi connectivity index (χ3n) is 3.76. The third-order valence-corrected chi connectivity index (χ3v) is 4.80. The van der Waals surface area contributed by atoms with Crippen molar-refractivity contribution >= 4 is 28.8 Å². The second kappa shape index (κ2) is 7.58. The van der Waals surface area contributed by atoms with E-state index in [2.05, 4.69) is 4.98 Å². The highest BCUT2D eigenvalue weighted by Gasteiger charge is 2.22. The van der Waals surface area contributed by atoms with Crippen LogP contribution in [0.3, 0.4) is 0 Å². The lowest BCUT2D eigenvalue weighted by molar-refractivity contribution is 0.0484. The SMILES string of the molecule is COCOc1cc2c(ncn2C)c(CSc2ccccc2)c1C(=O)O. The second-order valence-electron chi connectivity index (χ2n) is 5.41. The van der Waals surface area contributed by atoms with Gasteiger partial charge in [-0.25, -0.2) is 9.78 Å². The maximum absolute atomic E-state index is 11.9. The summed E-state index contributed by atoms with van der Waals surface area (Å²) < 4.78 is 12.3. The number of rotatable bonds is 7. The predicted molar refractivity (Wildman–Crippen MR) is 96.2 cm³/mol. The molecule has 0 saturated carbocycles. The number of nitrogens with zero attached hydrogens (tertiary/aromatic N) is 2. The molecule has 1 aromatic heterocycles. The smallest absolute Gasteiger partial charge is 0.339 e. The van der Waals surface area contributed by atoms with Crippen LogP contribution in [0.5, 0.6) is 5.75 Å². The van der Waals surface area contributed by atoms with Gasteiger partial charge in [-0.05, 0) is 12.1 Å². The molecule has 0 aliphatic carbocycles. The van der Waals surface area contributed by atoms with Crippen molar-refractivity contribution in [3.05, 3.63) is 53.9 Å². The van der Waals surface area contributed by atoms with E-state index in [4.69, 9.17) is 9.47 Å². The summed E-state index contributed by atoms with van der Waals surface area (Å²) in [5.41, 5.74) is 2.27. The summed E-state index contributed by atoms with van der Waals surface area (Å²) in [5.74, 6) is -0.278. The standard InChI is InChI=1S/C18H18N2O4S/c1-20-10-19-17-13(9-25-12-6-4-3-5-7-12)16(18(21)22)15(8-14(17)20)24-11-23-2/h3-8,10H,9,11H2,1-2H3,(H,21,22). The number of imidazole rings is 1. The molecule has 3 rings (SSSR count). The quantitative estimate of drug-likeness (QED) is 0.514. The zero-order valence-electron chi connectivity index (χ0n) is 13.9. The molecule has 1 N–H and O–H groups in total. The Labute approximate surface area is 149 Å². The fraction of sp³-hybridized carbons (Fsp3) is 0.222. The molecule has 130 valence electrons. The number of methoxy groups -OCH3 is 1. The van der Waals surface area contributed by atoms with Crippen LogP contribution >= 0.6 is 11.8 Å². The molecular formula is C18H18N2O4S. The molecule has 2 aromatic carbocycles. The highest BCUT2D eigenvalue weighted by molar-refractivity contribution is 7.98. The number of aromatic carboxylic acids is 1. The zero-order valence-corrected chi connectivity index (χ0v) is 14.7. The first kappa shape index (κ1) is 17.3. The molecule has 0 fully saturated rings. The minimum absolute atomic E-state index is 0.0189. The Hall–Kier alpha value is -2.51. The molecule has 0 unspecified atom stereocenters. The number of aryl methyl sites for hydroxylation is 1. The monoisotopic (exact) mass is 358 g/mol. The number of ether oxygens (including phenoxy) is 2. The molecule has 1 heterocycles. The number of aromatic nitrogens is 2. The number of carboxylic acid groups (broad SMARTS) is 1. The molecule has 25 heavy (non-hydrogen) atoms. The van der Waals surface area contributed by atoms with E-state index < -0.39 is 5.97 Å². The van der Waals surface area contributed by atoms with Crippen molar-refractivity contribution in [2.24, 2.45) is 7.05 Å². The van der Waals surface area contributed by atoms with E-state index in [1.807, 2.05) is 41.9 Å². The van der Waals surface area contributed by atoms with Gasteiger partial charge in [0.1, 0.15) is 11.3 Å². The first-order valence-electron chi connectivity index (χ1n) is 7.61. The lowest BCUT2D eigenvalue weighted by Gasteiger charge is -2.14. The molecule has 0 bridgehead atoms. The molecule has 3 aromatic rings. The fourth-order valence-electron chi connectivity index (χ4n) is 2.59. The van der Waals surface area contributed by atoms with Gasteiger partial charge in [-0.15, -0.1) is 11.8 Å². The van der Waals surface area contributed by atoms with Crippen molar-refractivity contribution < 1.29 is 19.4 Å². The van der Waals surface area contributed by atoms with E-state index in [1.165, 1.54) is 7.11 Å². The van der Waals surface area contributed by atoms with Gasteiger partial charge in [0.25, 0.3) is 0 Å². The van der Waals surface area contributed by atoms with Gasteiger partial charge >= 0.3 is 5.97 Å². The van der Waals surface area contributed by atoms with E-state index in [9.17, 15) is 9.90 Å². The van der Waals surface area contributed by atoms with Crippen LogP contribution in [0.25, 0.3) is 11.0 Å². The maximum Gasteiger partial charge on any atom is 0.339 e. The zero-order chi connectivity index (χ0) is 17.8. The molecule has 0 atom stereocenters. The van der Waals surface area contributed by atoms with Gasteiger partial charge in [0, 0.05) is 36.4 Å². The number of hydrogen-bond acceptors (Lipinski definition) is 5. The first-order valence-corrected chi connectivity index (χ1v) is 8.60. The van der Waals surface area contributed by atoms with Gasteiger partial charge in [0.15, 0.2) is 6.79 Å². The van der Waals surface area contributed by atoms with Crippen LogP contribution in [-0.4, -0.2) is 34.5 Å². The summed E-state index contributed by atoms with van der Waals surface area (Å²) in [7, 11) is 3.36. The van der Waals surface area contributed by atoms with Crippen LogP contribution in [0.4, 0.5) is 0 Å². The Morgan fingerprint density at radius 1 is 1.32 bits per heavy atom. The second-order valence-corrected chi connectivity index (χ2v) is 6.46. The van der Waals surface area contributed by atoms with Crippen LogP contribution in [0, 0.1) is 0 Å². The lowest BCUT2D eigenvalue weighted by Crippen LogP contribution is -2.09. The molecule has 0 saturated heterocycles. The summed E-state index contributed by atoms with van der Waals surface area (Å²) in [6, 6.07) is 11.5. The van der Waals surface area contributed by atoms with E-state index in [1.54, 1.807) is 24.2 Å². The van der Waals surface area contributed by atoms with Crippen molar-refractivity contribution in [3.63, 3.8) is 0 Å². The maximum atomic E-state index is 11.9. The number of thioether (sulfide) groups is 1. The Balaban J connectivity index is 2.09. The van der Waals surface area contributed by atoms with Gasteiger partial charge in [0.05, 0.1) is 17.4 Å². The van der Waals surface area contributed by atoms with Crippen molar-refractivity contribution in [1.82, 2.24) is 9.55 Å². The van der Waals surface area contributed by atoms with Crippen molar-refractivity contribution in [3.8, 4) is 5.75 Å². The average molecular weight is 358 g/mol. The highest BCUT2D eigenvalue weighted by atomic mass is 32.2. The molecule has 0 radical (unpaired) electrons. The van der Waals surface area contributed by atoms with Crippen molar-refractivity contribution in [2.75, 3.05) is 13.9 Å². The van der Waals surface area contributed by atoms with Crippen LogP contribution in [0.2, 0.25) is 0 Å². The molecule has 0 aliphatic rings. The van der Waals surface area contributed by atoms with Gasteiger partial charge in [-0.1, -0.05) is 18.2 Å². The minimum Gasteiger partial charge on any atom is -0.478 e. The summed E-state index contributed by atoms with van der Waals surface area (Å²) in [5, 5.41) is 9.74. The molecule has 0 spiro atoms. The minimum atomic E-state index is -1.04. The summed E-state index contributed by atoms with van der Waals surface area (Å²) >= 11 is 1.56. The number of hydrogen-bond donors (Lipinski definition) is 1. The largest absolute Gasteiger partial charge is 0.478 e. The van der Waals surface area contributed by atoms with Crippen molar-refractivity contribution in [2.45, 2.75) is 10.6 Å². The third kappa shape index (κ3) is 3.62. The Morgan fingerprint density at radius 3 is 2.76 bits per heavy atom. The molecule has 6 nitrogen and oxygen atoms in total. The van der Waals surface area contributed by atoms with Gasteiger partial charge in [0.2, 0.25) is 0 Å². The van der Waals surface area contributed by atoms with E-state index in [0.717, 1.165) is 10.4 Å². The number of fused-ring (bicyclic) bond motifs is 1. The molecular weight excluding hydrogens is 340 g/mol. The Bertz CT molecular complexity index is 893. The number of carbonyl (C=O) groups is 1. The average Bonchev–Trinajstić information content (AvgIpc) is 2.99. The van der Waals surface area contributed by atoms with Crippen LogP contribution in [0.15, 0.2) is 47.6 Å². The summed E-state index contributed by atoms with van der Waals surface area (Å²) in [6.07, 6.45) is 1.67. The van der Waals surface area contributed by atoms with E-state index >= 15 is 0 Å². The summed E-state index contributed by atoms with van der Waals surface area (Å²) in [6.45, 7) is -0.0189. The normalized spacial score (nSPS) is 11.0. The molecule has 7 heteroatoms. The molecule has 0 amide bonds. The van der Waals surface area contributed by atoms with Gasteiger partial charge in [-0.2, -0.15) is 0 Å². The van der Waals surface area contributed by atoms with Crippen LogP contribution in [0.1, 0.15) is 15.9 Å². The summed E-state index contributed by atoms with van der Waals surface area (Å²) in [4.78, 5) is 17.4.